The summed E-state index contributed by atoms with van der Waals surface area (Å²) in [6.07, 6.45) is 0. The molecule has 1 aromatic rings. The van der Waals surface area contributed by atoms with Crippen LogP contribution in [0.5, 0.6) is 0 Å². The summed E-state index contributed by atoms with van der Waals surface area (Å²) in [6, 6.07) is 2.12. The van der Waals surface area contributed by atoms with Gasteiger partial charge in [-0.1, -0.05) is 0 Å². The second-order valence-corrected chi connectivity index (χ2v) is 4.44. The first kappa shape index (κ1) is 10.8. The molecule has 1 rings (SSSR count). The van der Waals surface area contributed by atoms with Crippen molar-refractivity contribution in [2.75, 3.05) is 5.73 Å². The molecule has 0 aliphatic carbocycles. The minimum absolute atomic E-state index is 0.218. The van der Waals surface area contributed by atoms with E-state index >= 15 is 0 Å². The van der Waals surface area contributed by atoms with Crippen LogP contribution in [0, 0.1) is 5.82 Å². The van der Waals surface area contributed by atoms with Gasteiger partial charge in [-0.15, -0.1) is 0 Å². The molecule has 0 fully saturated rings. The predicted molar refractivity (Wildman–Crippen MR) is 44.0 cm³/mol. The summed E-state index contributed by atoms with van der Waals surface area (Å²) in [4.78, 5) is -0.815. The second-order valence-electron chi connectivity index (χ2n) is 2.53. The van der Waals surface area contributed by atoms with Crippen molar-refractivity contribution in [3.63, 3.8) is 0 Å². The highest BCUT2D eigenvalue weighted by Gasteiger charge is 2.27. The van der Waals surface area contributed by atoms with Crippen LogP contribution >= 0.6 is 0 Å². The molecule has 0 aliphatic rings. The Kier molecular flexibility index (Phi) is 2.70. The summed E-state index contributed by atoms with van der Waals surface area (Å²) in [5, 5.41) is 0. The fraction of sp³-hybridized carbons (Fsp3) is 0.143. The molecule has 2 N–H and O–H groups in total. The van der Waals surface area contributed by atoms with Crippen molar-refractivity contribution in [3.8, 4) is 0 Å². The fourth-order valence-corrected chi connectivity index (χ4v) is 1.63. The van der Waals surface area contributed by atoms with Crippen molar-refractivity contribution in [2.45, 2.75) is 10.7 Å². The van der Waals surface area contributed by atoms with E-state index in [2.05, 4.69) is 0 Å². The van der Waals surface area contributed by atoms with Crippen LogP contribution in [-0.4, -0.2) is 14.2 Å². The molecule has 0 saturated carbocycles. The summed E-state index contributed by atoms with van der Waals surface area (Å²) in [7, 11) is -4.78. The fourth-order valence-electron chi connectivity index (χ4n) is 0.852. The van der Waals surface area contributed by atoms with E-state index in [9.17, 15) is 21.6 Å². The van der Waals surface area contributed by atoms with Gasteiger partial charge in [0, 0.05) is 5.69 Å². The number of rotatable bonds is 2. The van der Waals surface area contributed by atoms with Crippen molar-refractivity contribution in [1.82, 2.24) is 0 Å². The average molecular weight is 225 g/mol. The standard InChI is InChI=1S/C7H6F3NO2S/c8-4-1-5(11)3-6(2-4)14(12,13)7(9)10/h1-3,7H,11H2. The first-order chi connectivity index (χ1) is 6.34. The van der Waals surface area contributed by atoms with Crippen molar-refractivity contribution < 1.29 is 21.6 Å². The third kappa shape index (κ3) is 1.98. The van der Waals surface area contributed by atoms with E-state index in [0.717, 1.165) is 12.1 Å². The molecule has 0 saturated heterocycles. The van der Waals surface area contributed by atoms with Crippen LogP contribution in [0.2, 0.25) is 0 Å². The molecule has 0 atom stereocenters. The quantitative estimate of drug-likeness (QED) is 0.774. The van der Waals surface area contributed by atoms with Gasteiger partial charge in [0.05, 0.1) is 4.90 Å². The molecule has 0 bridgehead atoms. The summed E-state index contributed by atoms with van der Waals surface area (Å²) >= 11 is 0. The zero-order valence-corrected chi connectivity index (χ0v) is 7.56. The van der Waals surface area contributed by atoms with Crippen LogP contribution in [0.3, 0.4) is 0 Å². The summed E-state index contributed by atoms with van der Waals surface area (Å²) in [5.74, 6) is -4.55. The Labute approximate surface area is 78.3 Å². The van der Waals surface area contributed by atoms with Gasteiger partial charge < -0.3 is 5.73 Å². The molecule has 0 radical (unpaired) electrons. The molecular formula is C7H6F3NO2S. The highest BCUT2D eigenvalue weighted by atomic mass is 32.2. The van der Waals surface area contributed by atoms with Gasteiger partial charge >= 0.3 is 5.76 Å². The number of hydrogen-bond acceptors (Lipinski definition) is 3. The van der Waals surface area contributed by atoms with Gasteiger partial charge in [0.15, 0.2) is 0 Å². The normalized spacial score (nSPS) is 12.0. The topological polar surface area (TPSA) is 60.2 Å². The number of benzene rings is 1. The third-order valence-corrected chi connectivity index (χ3v) is 2.82. The summed E-state index contributed by atoms with van der Waals surface area (Å²) < 4.78 is 58.4. The zero-order valence-electron chi connectivity index (χ0n) is 6.75. The van der Waals surface area contributed by atoms with Crippen LogP contribution in [0.1, 0.15) is 0 Å². The zero-order chi connectivity index (χ0) is 10.9. The van der Waals surface area contributed by atoms with Gasteiger partial charge in [-0.05, 0) is 18.2 Å². The van der Waals surface area contributed by atoms with Crippen molar-refractivity contribution in [1.29, 1.82) is 0 Å². The predicted octanol–water partition coefficient (Wildman–Crippen LogP) is 1.40. The molecule has 0 spiro atoms. The molecule has 78 valence electrons. The molecule has 0 aromatic heterocycles. The lowest BCUT2D eigenvalue weighted by Crippen LogP contribution is -2.12. The average Bonchev–Trinajstić information content (AvgIpc) is 2.01. The Morgan fingerprint density at radius 1 is 1.21 bits per heavy atom. The SMILES string of the molecule is Nc1cc(F)cc(S(=O)(=O)C(F)F)c1. The van der Waals surface area contributed by atoms with Gasteiger partial charge in [-0.25, -0.2) is 12.8 Å². The molecule has 3 nitrogen and oxygen atoms in total. The third-order valence-electron chi connectivity index (χ3n) is 1.46. The molecule has 1 aromatic carbocycles. The first-order valence-electron chi connectivity index (χ1n) is 3.42. The lowest BCUT2D eigenvalue weighted by molar-refractivity contribution is 0.234. The Morgan fingerprint density at radius 3 is 2.21 bits per heavy atom. The second kappa shape index (κ2) is 3.49. The van der Waals surface area contributed by atoms with Crippen LogP contribution in [-0.2, 0) is 9.84 Å². The number of anilines is 1. The Hall–Kier alpha value is -1.24. The Bertz CT molecular complexity index is 424. The van der Waals surface area contributed by atoms with Crippen molar-refractivity contribution in [3.05, 3.63) is 24.0 Å². The number of halogens is 3. The van der Waals surface area contributed by atoms with Crippen LogP contribution < -0.4 is 5.73 Å². The van der Waals surface area contributed by atoms with Crippen LogP contribution in [0.4, 0.5) is 18.9 Å². The minimum atomic E-state index is -4.78. The van der Waals surface area contributed by atoms with E-state index in [1.54, 1.807) is 0 Å². The van der Waals surface area contributed by atoms with Crippen molar-refractivity contribution in [2.24, 2.45) is 0 Å². The van der Waals surface area contributed by atoms with E-state index in [0.29, 0.717) is 6.07 Å². The highest BCUT2D eigenvalue weighted by Crippen LogP contribution is 2.21. The molecule has 0 amide bonds. The van der Waals surface area contributed by atoms with Crippen molar-refractivity contribution >= 4 is 15.5 Å². The number of alkyl halides is 2. The van der Waals surface area contributed by atoms with E-state index in [4.69, 9.17) is 5.73 Å². The molecule has 14 heavy (non-hydrogen) atoms. The van der Waals surface area contributed by atoms with E-state index in [-0.39, 0.29) is 5.69 Å². The Morgan fingerprint density at radius 2 is 1.79 bits per heavy atom. The lowest BCUT2D eigenvalue weighted by atomic mass is 10.3. The molecule has 0 unspecified atom stereocenters. The van der Waals surface area contributed by atoms with E-state index < -0.39 is 26.3 Å². The highest BCUT2D eigenvalue weighted by molar-refractivity contribution is 7.91. The number of hydrogen-bond donors (Lipinski definition) is 1. The molecule has 0 aliphatic heterocycles. The first-order valence-corrected chi connectivity index (χ1v) is 4.97. The number of nitrogens with two attached hydrogens (primary N) is 1. The van der Waals surface area contributed by atoms with Gasteiger partial charge in [0.2, 0.25) is 9.84 Å². The van der Waals surface area contributed by atoms with Gasteiger partial charge in [-0.3, -0.25) is 0 Å². The van der Waals surface area contributed by atoms with E-state index in [1.165, 1.54) is 0 Å². The maximum Gasteiger partial charge on any atom is 0.341 e. The number of nitrogen functional groups attached to an aromatic ring is 1. The molecule has 0 heterocycles. The van der Waals surface area contributed by atoms with Crippen LogP contribution in [0.25, 0.3) is 0 Å². The lowest BCUT2D eigenvalue weighted by Gasteiger charge is -2.03. The summed E-state index contributed by atoms with van der Waals surface area (Å²) in [5.41, 5.74) is 4.89. The molecule has 7 heteroatoms. The van der Waals surface area contributed by atoms with Gasteiger partial charge in [0.1, 0.15) is 5.82 Å². The van der Waals surface area contributed by atoms with Gasteiger partial charge in [-0.2, -0.15) is 8.78 Å². The minimum Gasteiger partial charge on any atom is -0.399 e. The summed E-state index contributed by atoms with van der Waals surface area (Å²) in [6.45, 7) is 0. The number of sulfone groups is 1. The van der Waals surface area contributed by atoms with Crippen LogP contribution in [0.15, 0.2) is 23.1 Å². The largest absolute Gasteiger partial charge is 0.399 e. The molecular weight excluding hydrogens is 219 g/mol. The monoisotopic (exact) mass is 225 g/mol. The maximum atomic E-state index is 12.6. The van der Waals surface area contributed by atoms with Gasteiger partial charge in [0.25, 0.3) is 0 Å². The Balaban J connectivity index is 3.34. The van der Waals surface area contributed by atoms with E-state index in [1.807, 2.05) is 0 Å². The maximum absolute atomic E-state index is 12.6. The smallest absolute Gasteiger partial charge is 0.341 e.